The minimum absolute atomic E-state index is 0.256. The first-order chi connectivity index (χ1) is 7.86. The summed E-state index contributed by atoms with van der Waals surface area (Å²) in [6.45, 7) is 0.507. The molecule has 1 heterocycles. The third-order valence-electron chi connectivity index (χ3n) is 2.78. The van der Waals surface area contributed by atoms with Gasteiger partial charge < -0.3 is 4.74 Å². The molecule has 0 saturated heterocycles. The minimum Gasteiger partial charge on any atom is -0.462 e. The molecule has 2 rings (SSSR count). The third kappa shape index (κ3) is 2.92. The fourth-order valence-electron chi connectivity index (χ4n) is 1.80. The van der Waals surface area contributed by atoms with Crippen LogP contribution >= 0.6 is 0 Å². The van der Waals surface area contributed by atoms with Crippen molar-refractivity contribution in [3.63, 3.8) is 0 Å². The minimum atomic E-state index is -0.256. The zero-order valence-electron chi connectivity index (χ0n) is 9.13. The fourth-order valence-corrected chi connectivity index (χ4v) is 1.80. The van der Waals surface area contributed by atoms with Gasteiger partial charge in [0.2, 0.25) is 0 Å². The summed E-state index contributed by atoms with van der Waals surface area (Å²) in [6, 6.07) is 3.33. The number of allylic oxidation sites excluding steroid dienone is 2. The van der Waals surface area contributed by atoms with Crippen molar-refractivity contribution in [3.05, 3.63) is 42.2 Å². The van der Waals surface area contributed by atoms with Gasteiger partial charge in [0.15, 0.2) is 0 Å². The van der Waals surface area contributed by atoms with E-state index in [0.717, 1.165) is 19.3 Å². The molecule has 0 atom stereocenters. The summed E-state index contributed by atoms with van der Waals surface area (Å²) in [6.07, 6.45) is 10.8. The van der Waals surface area contributed by atoms with Gasteiger partial charge in [-0.2, -0.15) is 0 Å². The predicted octanol–water partition coefficient (Wildman–Crippen LogP) is 2.59. The van der Waals surface area contributed by atoms with Crippen LogP contribution in [-0.4, -0.2) is 17.6 Å². The lowest BCUT2D eigenvalue weighted by molar-refractivity contribution is 0.0484. The average molecular weight is 217 g/mol. The van der Waals surface area contributed by atoms with Gasteiger partial charge in [0.1, 0.15) is 0 Å². The normalized spacial score (nSPS) is 15.2. The highest BCUT2D eigenvalue weighted by Gasteiger charge is 2.11. The molecule has 0 fully saturated rings. The maximum atomic E-state index is 11.6. The summed E-state index contributed by atoms with van der Waals surface area (Å²) in [5, 5.41) is 0. The van der Waals surface area contributed by atoms with Crippen molar-refractivity contribution in [2.24, 2.45) is 5.92 Å². The first-order valence-electron chi connectivity index (χ1n) is 5.58. The van der Waals surface area contributed by atoms with Crippen molar-refractivity contribution in [3.8, 4) is 0 Å². The number of ether oxygens (including phenoxy) is 1. The zero-order chi connectivity index (χ0) is 11.2. The molecule has 1 aromatic heterocycles. The lowest BCUT2D eigenvalue weighted by Gasteiger charge is -2.09. The van der Waals surface area contributed by atoms with Crippen LogP contribution in [0.4, 0.5) is 0 Å². The summed E-state index contributed by atoms with van der Waals surface area (Å²) in [4.78, 5) is 15.4. The second kappa shape index (κ2) is 5.45. The summed E-state index contributed by atoms with van der Waals surface area (Å²) in [5.74, 6) is 0.401. The second-order valence-electron chi connectivity index (χ2n) is 3.97. The summed E-state index contributed by atoms with van der Waals surface area (Å²) in [7, 11) is 0. The Morgan fingerprint density at radius 2 is 2.00 bits per heavy atom. The highest BCUT2D eigenvalue weighted by Crippen LogP contribution is 2.21. The van der Waals surface area contributed by atoms with Crippen LogP contribution in [0, 0.1) is 5.92 Å². The van der Waals surface area contributed by atoms with Crippen molar-refractivity contribution in [2.75, 3.05) is 6.61 Å². The Morgan fingerprint density at radius 3 is 2.69 bits per heavy atom. The van der Waals surface area contributed by atoms with Gasteiger partial charge in [0, 0.05) is 12.4 Å². The highest BCUT2D eigenvalue weighted by molar-refractivity contribution is 5.89. The molecule has 3 heteroatoms. The molecule has 0 amide bonds. The number of aromatic nitrogens is 1. The molecule has 0 unspecified atom stereocenters. The molecule has 1 aliphatic rings. The summed E-state index contributed by atoms with van der Waals surface area (Å²) < 4.78 is 5.20. The summed E-state index contributed by atoms with van der Waals surface area (Å²) in [5.41, 5.74) is 0.569. The van der Waals surface area contributed by atoms with Crippen LogP contribution in [0.2, 0.25) is 0 Å². The monoisotopic (exact) mass is 217 g/mol. The Balaban J connectivity index is 1.72. The molecule has 0 radical (unpaired) electrons. The number of esters is 1. The number of carbonyl (C=O) groups is 1. The molecule has 0 saturated carbocycles. The Bertz CT molecular complexity index is 365. The Morgan fingerprint density at radius 1 is 1.31 bits per heavy atom. The van der Waals surface area contributed by atoms with E-state index in [1.165, 1.54) is 0 Å². The van der Waals surface area contributed by atoms with E-state index < -0.39 is 0 Å². The first kappa shape index (κ1) is 10.9. The molecular weight excluding hydrogens is 202 g/mol. The van der Waals surface area contributed by atoms with Crippen molar-refractivity contribution in [1.82, 2.24) is 4.98 Å². The molecule has 84 valence electrons. The van der Waals surface area contributed by atoms with Crippen LogP contribution in [0.25, 0.3) is 0 Å². The fraction of sp³-hybridized carbons (Fsp3) is 0.385. The predicted molar refractivity (Wildman–Crippen MR) is 61.0 cm³/mol. The largest absolute Gasteiger partial charge is 0.462 e. The smallest absolute Gasteiger partial charge is 0.338 e. The SMILES string of the molecule is O=C(OCCC1CC=CC1)c1ccncc1. The molecule has 0 aliphatic heterocycles. The standard InChI is InChI=1S/C13H15NO2/c15-13(12-5-8-14-9-6-12)16-10-7-11-3-1-2-4-11/h1-2,5-6,8-9,11H,3-4,7,10H2. The van der Waals surface area contributed by atoms with Gasteiger partial charge in [0.05, 0.1) is 12.2 Å². The molecule has 0 N–H and O–H groups in total. The number of rotatable bonds is 4. The lowest BCUT2D eigenvalue weighted by Crippen LogP contribution is -2.09. The molecule has 16 heavy (non-hydrogen) atoms. The summed E-state index contributed by atoms with van der Waals surface area (Å²) >= 11 is 0. The third-order valence-corrected chi connectivity index (χ3v) is 2.78. The molecule has 1 aliphatic carbocycles. The highest BCUT2D eigenvalue weighted by atomic mass is 16.5. The van der Waals surface area contributed by atoms with Crippen molar-refractivity contribution < 1.29 is 9.53 Å². The second-order valence-corrected chi connectivity index (χ2v) is 3.97. The average Bonchev–Trinajstić information content (AvgIpc) is 2.83. The number of nitrogens with zero attached hydrogens (tertiary/aromatic N) is 1. The molecule has 0 spiro atoms. The molecule has 1 aromatic rings. The van der Waals surface area contributed by atoms with Crippen LogP contribution in [0.5, 0.6) is 0 Å². The van der Waals surface area contributed by atoms with Crippen molar-refractivity contribution in [1.29, 1.82) is 0 Å². The van der Waals surface area contributed by atoms with Gasteiger partial charge in [-0.05, 0) is 37.3 Å². The molecule has 3 nitrogen and oxygen atoms in total. The molecule has 0 aromatic carbocycles. The quantitative estimate of drug-likeness (QED) is 0.574. The number of carbonyl (C=O) groups excluding carboxylic acids is 1. The van der Waals surface area contributed by atoms with E-state index >= 15 is 0 Å². The van der Waals surface area contributed by atoms with Gasteiger partial charge >= 0.3 is 5.97 Å². The van der Waals surface area contributed by atoms with E-state index in [-0.39, 0.29) is 5.97 Å². The van der Waals surface area contributed by atoms with E-state index in [2.05, 4.69) is 17.1 Å². The van der Waals surface area contributed by atoms with Crippen molar-refractivity contribution in [2.45, 2.75) is 19.3 Å². The van der Waals surface area contributed by atoms with E-state index in [4.69, 9.17) is 4.74 Å². The topological polar surface area (TPSA) is 39.2 Å². The van der Waals surface area contributed by atoms with Crippen LogP contribution < -0.4 is 0 Å². The van der Waals surface area contributed by atoms with Crippen LogP contribution in [0.15, 0.2) is 36.7 Å². The van der Waals surface area contributed by atoms with E-state index in [1.54, 1.807) is 24.5 Å². The van der Waals surface area contributed by atoms with Gasteiger partial charge in [-0.1, -0.05) is 12.2 Å². The Kier molecular flexibility index (Phi) is 3.70. The van der Waals surface area contributed by atoms with E-state index in [9.17, 15) is 4.79 Å². The van der Waals surface area contributed by atoms with Crippen LogP contribution in [0.3, 0.4) is 0 Å². The molecule has 0 bridgehead atoms. The molecular formula is C13H15NO2. The van der Waals surface area contributed by atoms with Crippen LogP contribution in [0.1, 0.15) is 29.6 Å². The van der Waals surface area contributed by atoms with Crippen LogP contribution in [-0.2, 0) is 4.74 Å². The number of hydrogen-bond donors (Lipinski definition) is 0. The van der Waals surface area contributed by atoms with E-state index in [1.807, 2.05) is 0 Å². The number of hydrogen-bond acceptors (Lipinski definition) is 3. The Hall–Kier alpha value is -1.64. The number of pyridine rings is 1. The maximum Gasteiger partial charge on any atom is 0.338 e. The van der Waals surface area contributed by atoms with Gasteiger partial charge in [0.25, 0.3) is 0 Å². The lowest BCUT2D eigenvalue weighted by atomic mass is 10.0. The zero-order valence-corrected chi connectivity index (χ0v) is 9.13. The van der Waals surface area contributed by atoms with Gasteiger partial charge in [-0.15, -0.1) is 0 Å². The van der Waals surface area contributed by atoms with Gasteiger partial charge in [-0.3, -0.25) is 4.98 Å². The maximum absolute atomic E-state index is 11.6. The Labute approximate surface area is 95.2 Å². The van der Waals surface area contributed by atoms with E-state index in [0.29, 0.717) is 18.1 Å². The van der Waals surface area contributed by atoms with Gasteiger partial charge in [-0.25, -0.2) is 4.79 Å². The first-order valence-corrected chi connectivity index (χ1v) is 5.58. The van der Waals surface area contributed by atoms with Crippen molar-refractivity contribution >= 4 is 5.97 Å².